The molecule has 0 amide bonds. The molecule has 14 rings (SSSR count). The predicted molar refractivity (Wildman–Crippen MR) is 338 cm³/mol. The first kappa shape index (κ1) is 49.3. The number of nitrogens with zero attached hydrogens (tertiary/aromatic N) is 1. The number of rotatable bonds is 8. The Balaban J connectivity index is 1.04. The van der Waals surface area contributed by atoms with Crippen molar-refractivity contribution < 1.29 is 0 Å². The SMILES string of the molecule is Cc1ccc(C2(c3cccc4ccccc34)c3ccccc3-c3ccc(N(c4ccc(-c5ccc6ccccc6c5)cc4)c4ccc5c(c4)C(c4ccc(C(C)(C)C)cc4)(c4ccc(C(C)(C)C)cc4)c4ccccc4-5)cc32)cc1. The molecule has 2 aliphatic rings. The largest absolute Gasteiger partial charge is 0.310 e. The lowest BCUT2D eigenvalue weighted by Gasteiger charge is -2.36. The van der Waals surface area contributed by atoms with Gasteiger partial charge in [0, 0.05) is 17.1 Å². The lowest BCUT2D eigenvalue weighted by molar-refractivity contribution is 0.588. The second kappa shape index (κ2) is 18.5. The van der Waals surface area contributed by atoms with Crippen molar-refractivity contribution in [1.29, 1.82) is 0 Å². The second-order valence-corrected chi connectivity index (χ2v) is 24.5. The molecule has 0 fully saturated rings. The molecule has 0 heterocycles. The number of aryl methyl sites for hydroxylation is 1. The van der Waals surface area contributed by atoms with Crippen LogP contribution in [0.5, 0.6) is 0 Å². The maximum absolute atomic E-state index is 2.53. The van der Waals surface area contributed by atoms with Crippen LogP contribution in [0.25, 0.3) is 54.9 Å². The summed E-state index contributed by atoms with van der Waals surface area (Å²) in [5, 5.41) is 4.97. The molecule has 1 atom stereocenters. The summed E-state index contributed by atoms with van der Waals surface area (Å²) in [7, 11) is 0. The van der Waals surface area contributed by atoms with Gasteiger partial charge in [-0.2, -0.15) is 0 Å². The second-order valence-electron chi connectivity index (χ2n) is 24.5. The Bertz CT molecular complexity index is 4290. The third-order valence-electron chi connectivity index (χ3n) is 17.8. The molecule has 12 aromatic rings. The quantitative estimate of drug-likeness (QED) is 0.147. The van der Waals surface area contributed by atoms with Gasteiger partial charge in [-0.25, -0.2) is 0 Å². The Morgan fingerprint density at radius 1 is 0.287 bits per heavy atom. The van der Waals surface area contributed by atoms with Crippen molar-refractivity contribution in [1.82, 2.24) is 0 Å². The molecule has 0 aromatic heterocycles. The molecule has 80 heavy (non-hydrogen) atoms. The van der Waals surface area contributed by atoms with E-state index in [-0.39, 0.29) is 10.8 Å². The van der Waals surface area contributed by atoms with Gasteiger partial charge in [-0.05, 0) is 171 Å². The average molecular weight is 1030 g/mol. The van der Waals surface area contributed by atoms with Gasteiger partial charge in [-0.3, -0.25) is 0 Å². The molecule has 1 nitrogen and oxygen atoms in total. The van der Waals surface area contributed by atoms with E-state index in [2.05, 4.69) is 320 Å². The molecule has 0 bridgehead atoms. The summed E-state index contributed by atoms with van der Waals surface area (Å²) in [6, 6.07) is 102. The zero-order chi connectivity index (χ0) is 54.5. The lowest BCUT2D eigenvalue weighted by Crippen LogP contribution is -2.29. The fourth-order valence-corrected chi connectivity index (χ4v) is 13.8. The molecule has 1 heteroatoms. The van der Waals surface area contributed by atoms with Crippen LogP contribution in [0.15, 0.2) is 267 Å². The van der Waals surface area contributed by atoms with Gasteiger partial charge in [-0.1, -0.05) is 272 Å². The molecule has 1 unspecified atom stereocenters. The molecule has 0 saturated carbocycles. The standard InChI is InChI=1S/C79H65N/c1-52-27-33-62(34-28-52)79(71-26-16-20-55-18-10-11-21-66(55)71)73-25-15-13-23-68(73)70-48-46-65(51-75(70)79)80(63-43-31-54(32-44-63)57-30-29-53-17-8-9-19-56(53)49-57)64-45-47-69-67-22-12-14-24-72(67)78(74(69)50-64,60-39-35-58(36-40-60)76(2,3)4)61-41-37-59(38-42-61)77(5,6)7/h8-51H,1-7H3. The smallest absolute Gasteiger partial charge is 0.0720 e. The molecule has 0 radical (unpaired) electrons. The van der Waals surface area contributed by atoms with Crippen LogP contribution >= 0.6 is 0 Å². The van der Waals surface area contributed by atoms with Crippen LogP contribution in [0, 0.1) is 6.92 Å². The van der Waals surface area contributed by atoms with Crippen molar-refractivity contribution in [2.45, 2.75) is 70.1 Å². The Morgan fingerprint density at radius 3 is 1.30 bits per heavy atom. The van der Waals surface area contributed by atoms with Crippen LogP contribution in [0.3, 0.4) is 0 Å². The molecule has 0 spiro atoms. The highest BCUT2D eigenvalue weighted by molar-refractivity contribution is 5.97. The summed E-state index contributed by atoms with van der Waals surface area (Å²) in [6.07, 6.45) is 0. The molecule has 0 N–H and O–H groups in total. The third kappa shape index (κ3) is 7.66. The summed E-state index contributed by atoms with van der Waals surface area (Å²) in [5.41, 5.74) is 23.6. The van der Waals surface area contributed by atoms with Crippen LogP contribution in [0.2, 0.25) is 0 Å². The fraction of sp³-hybridized carbons (Fsp3) is 0.139. The number of hydrogen-bond acceptors (Lipinski definition) is 1. The third-order valence-corrected chi connectivity index (χ3v) is 17.8. The minimum Gasteiger partial charge on any atom is -0.310 e. The fourth-order valence-electron chi connectivity index (χ4n) is 13.8. The summed E-state index contributed by atoms with van der Waals surface area (Å²) < 4.78 is 0. The van der Waals surface area contributed by atoms with Crippen molar-refractivity contribution in [2.24, 2.45) is 0 Å². The van der Waals surface area contributed by atoms with Gasteiger partial charge in [0.1, 0.15) is 0 Å². The minimum absolute atomic E-state index is 0.00490. The van der Waals surface area contributed by atoms with E-state index in [4.69, 9.17) is 0 Å². The zero-order valence-electron chi connectivity index (χ0n) is 46.9. The Morgan fingerprint density at radius 2 is 0.713 bits per heavy atom. The molecule has 2 aliphatic carbocycles. The normalized spacial score (nSPS) is 15.1. The highest BCUT2D eigenvalue weighted by Gasteiger charge is 2.49. The molecule has 0 aliphatic heterocycles. The van der Waals surface area contributed by atoms with Gasteiger partial charge in [-0.15, -0.1) is 0 Å². The topological polar surface area (TPSA) is 3.24 Å². The van der Waals surface area contributed by atoms with E-state index >= 15 is 0 Å². The summed E-state index contributed by atoms with van der Waals surface area (Å²) in [6.45, 7) is 16.0. The molecule has 12 aromatic carbocycles. The molecular weight excluding hydrogens is 963 g/mol. The van der Waals surface area contributed by atoms with Gasteiger partial charge in [0.15, 0.2) is 0 Å². The number of benzene rings is 12. The number of anilines is 3. The van der Waals surface area contributed by atoms with Crippen molar-refractivity contribution in [3.8, 4) is 33.4 Å². The van der Waals surface area contributed by atoms with E-state index in [1.807, 2.05) is 0 Å². The first-order valence-corrected chi connectivity index (χ1v) is 28.5. The maximum Gasteiger partial charge on any atom is 0.0720 e. The van der Waals surface area contributed by atoms with Gasteiger partial charge in [0.05, 0.1) is 10.8 Å². The van der Waals surface area contributed by atoms with Gasteiger partial charge in [0.25, 0.3) is 0 Å². The van der Waals surface area contributed by atoms with Crippen LogP contribution < -0.4 is 4.90 Å². The summed E-state index contributed by atoms with van der Waals surface area (Å²) in [4.78, 5) is 2.52. The van der Waals surface area contributed by atoms with Crippen molar-refractivity contribution in [3.63, 3.8) is 0 Å². The first-order valence-electron chi connectivity index (χ1n) is 28.5. The van der Waals surface area contributed by atoms with Crippen LogP contribution in [-0.2, 0) is 21.7 Å². The van der Waals surface area contributed by atoms with Crippen molar-refractivity contribution in [3.05, 3.63) is 328 Å². The minimum atomic E-state index is -0.630. The van der Waals surface area contributed by atoms with Crippen molar-refractivity contribution >= 4 is 38.6 Å². The van der Waals surface area contributed by atoms with E-state index < -0.39 is 10.8 Å². The first-order chi connectivity index (χ1) is 38.8. The molecule has 386 valence electrons. The van der Waals surface area contributed by atoms with Crippen LogP contribution in [0.4, 0.5) is 17.1 Å². The highest BCUT2D eigenvalue weighted by atomic mass is 15.1. The van der Waals surface area contributed by atoms with E-state index in [1.54, 1.807) is 0 Å². The summed E-state index contributed by atoms with van der Waals surface area (Å²) in [5.74, 6) is 0. The van der Waals surface area contributed by atoms with Crippen LogP contribution in [-0.4, -0.2) is 0 Å². The zero-order valence-corrected chi connectivity index (χ0v) is 46.9. The predicted octanol–water partition coefficient (Wildman–Crippen LogP) is 20.8. The van der Waals surface area contributed by atoms with Gasteiger partial charge >= 0.3 is 0 Å². The maximum atomic E-state index is 2.53. The Labute approximate surface area is 472 Å². The monoisotopic (exact) mass is 1030 g/mol. The number of hydrogen-bond donors (Lipinski definition) is 0. The highest BCUT2D eigenvalue weighted by Crippen LogP contribution is 2.60. The van der Waals surface area contributed by atoms with E-state index in [1.165, 1.54) is 116 Å². The number of fused-ring (bicyclic) bond motifs is 8. The summed E-state index contributed by atoms with van der Waals surface area (Å²) >= 11 is 0. The molecular formula is C79H65N. The van der Waals surface area contributed by atoms with Gasteiger partial charge in [0.2, 0.25) is 0 Å². The average Bonchev–Trinajstić information content (AvgIpc) is 4.12. The molecule has 0 saturated heterocycles. The Kier molecular flexibility index (Phi) is 11.4. The van der Waals surface area contributed by atoms with Crippen LogP contribution in [0.1, 0.15) is 103 Å². The Hall–Kier alpha value is -9.04. The lowest BCUT2D eigenvalue weighted by atomic mass is 9.66. The van der Waals surface area contributed by atoms with E-state index in [9.17, 15) is 0 Å². The van der Waals surface area contributed by atoms with E-state index in [0.29, 0.717) is 0 Å². The van der Waals surface area contributed by atoms with Crippen molar-refractivity contribution in [2.75, 3.05) is 4.90 Å². The van der Waals surface area contributed by atoms with Gasteiger partial charge < -0.3 is 4.90 Å². The van der Waals surface area contributed by atoms with E-state index in [0.717, 1.165) is 17.1 Å².